The first kappa shape index (κ1) is 28.5. The van der Waals surface area contributed by atoms with E-state index in [0.29, 0.717) is 35.2 Å². The summed E-state index contributed by atoms with van der Waals surface area (Å²) in [6.45, 7) is 0. The average molecular weight is 966 g/mol. The number of methoxy groups -OCH3 is 2. The van der Waals surface area contributed by atoms with Gasteiger partial charge in [-0.3, -0.25) is 0 Å². The molecule has 190 valence electrons. The molecule has 4 aromatic carbocycles. The van der Waals surface area contributed by atoms with Crippen LogP contribution in [-0.4, -0.2) is 28.1 Å². The molecule has 0 radical (unpaired) electrons. The van der Waals surface area contributed by atoms with E-state index in [-0.39, 0.29) is 5.39 Å². The normalized spacial score (nSPS) is 12.2. The van der Waals surface area contributed by atoms with Crippen LogP contribution >= 0.6 is 90.4 Å². The minimum Gasteiger partial charge on any atom is -0.496 e. The molecule has 5 nitrogen and oxygen atoms in total. The third-order valence-electron chi connectivity index (χ3n) is 5.26. The van der Waals surface area contributed by atoms with Crippen LogP contribution in [0.4, 0.5) is 13.2 Å². The highest BCUT2D eigenvalue weighted by molar-refractivity contribution is 14.1. The van der Waals surface area contributed by atoms with Gasteiger partial charge in [0, 0.05) is 36.2 Å². The Balaban J connectivity index is 2.25. The monoisotopic (exact) mass is 966 g/mol. The lowest BCUT2D eigenvalue weighted by Crippen LogP contribution is -2.28. The van der Waals surface area contributed by atoms with Crippen molar-refractivity contribution >= 4 is 122 Å². The van der Waals surface area contributed by atoms with Gasteiger partial charge in [-0.05, 0) is 138 Å². The molecule has 0 unspecified atom stereocenters. The number of benzene rings is 4. The number of fused-ring (bicyclic) bond motifs is 2. The summed E-state index contributed by atoms with van der Waals surface area (Å²) >= 11 is 8.33. The average Bonchev–Trinajstić information content (AvgIpc) is 2.78. The van der Waals surface area contributed by atoms with Gasteiger partial charge in [-0.2, -0.15) is 21.6 Å². The minimum atomic E-state index is -5.94. The Kier molecular flexibility index (Phi) is 8.35. The second-order valence-corrected chi connectivity index (χ2v) is 13.7. The van der Waals surface area contributed by atoms with Gasteiger partial charge >= 0.3 is 15.6 Å². The van der Waals surface area contributed by atoms with Gasteiger partial charge in [0.15, 0.2) is 5.75 Å². The summed E-state index contributed by atoms with van der Waals surface area (Å²) in [5.41, 5.74) is -4.70. The predicted octanol–water partition coefficient (Wildman–Crippen LogP) is 8.32. The maximum Gasteiger partial charge on any atom is 0.534 e. The molecule has 0 fully saturated rings. The SMILES string of the molecule is COc1cc(I)c2cc(I)ccc2c1-c1c(OC)cc(I)c2cc(I)cc(OS(=O)(=O)C(F)(F)F)c12. The Morgan fingerprint density at radius 1 is 0.694 bits per heavy atom. The molecule has 0 aliphatic carbocycles. The molecular weight excluding hydrogens is 953 g/mol. The molecule has 4 rings (SSSR count). The molecule has 13 heteroatoms. The maximum absolute atomic E-state index is 13.3. The lowest BCUT2D eigenvalue weighted by Gasteiger charge is -2.21. The van der Waals surface area contributed by atoms with Gasteiger partial charge in [0.25, 0.3) is 0 Å². The summed E-state index contributed by atoms with van der Waals surface area (Å²) in [4.78, 5) is 0. The molecule has 0 bridgehead atoms. The Labute approximate surface area is 259 Å². The zero-order valence-electron chi connectivity index (χ0n) is 18.1. The maximum atomic E-state index is 13.3. The molecule has 0 heterocycles. The van der Waals surface area contributed by atoms with Crippen LogP contribution in [0.25, 0.3) is 32.7 Å². The third-order valence-corrected chi connectivity index (χ3v) is 9.31. The van der Waals surface area contributed by atoms with Gasteiger partial charge in [-0.25, -0.2) is 0 Å². The summed E-state index contributed by atoms with van der Waals surface area (Å²) in [5.74, 6) is 0.305. The highest BCUT2D eigenvalue weighted by Gasteiger charge is 2.49. The van der Waals surface area contributed by atoms with Crippen LogP contribution in [0.2, 0.25) is 0 Å². The molecule has 0 atom stereocenters. The topological polar surface area (TPSA) is 61.8 Å². The highest BCUT2D eigenvalue weighted by Crippen LogP contribution is 2.50. The molecular formula is C23H13F3I4O5S. The van der Waals surface area contributed by atoms with Crippen molar-refractivity contribution < 1.29 is 35.2 Å². The van der Waals surface area contributed by atoms with E-state index in [0.717, 1.165) is 17.9 Å². The number of halogens is 7. The van der Waals surface area contributed by atoms with E-state index >= 15 is 0 Å². The first-order valence-corrected chi connectivity index (χ1v) is 15.5. The molecule has 0 amide bonds. The smallest absolute Gasteiger partial charge is 0.496 e. The first-order chi connectivity index (χ1) is 16.8. The van der Waals surface area contributed by atoms with Crippen LogP contribution in [0.5, 0.6) is 17.2 Å². The highest BCUT2D eigenvalue weighted by atomic mass is 127. The van der Waals surface area contributed by atoms with Crippen LogP contribution < -0.4 is 13.7 Å². The molecule has 0 N–H and O–H groups in total. The van der Waals surface area contributed by atoms with Gasteiger partial charge in [-0.15, -0.1) is 0 Å². The predicted molar refractivity (Wildman–Crippen MR) is 166 cm³/mol. The molecule has 0 saturated carbocycles. The zero-order valence-corrected chi connectivity index (χ0v) is 27.6. The number of rotatable bonds is 5. The number of alkyl halides is 3. The van der Waals surface area contributed by atoms with E-state index in [9.17, 15) is 21.6 Å². The van der Waals surface area contributed by atoms with Crippen LogP contribution in [0.15, 0.2) is 42.5 Å². The Morgan fingerprint density at radius 3 is 1.83 bits per heavy atom. The van der Waals surface area contributed by atoms with Crippen molar-refractivity contribution in [3.63, 3.8) is 0 Å². The van der Waals surface area contributed by atoms with E-state index in [1.807, 2.05) is 69.4 Å². The quantitative estimate of drug-likeness (QED) is 0.115. The Hall–Kier alpha value is -0.540. The fourth-order valence-electron chi connectivity index (χ4n) is 3.81. The molecule has 0 aliphatic heterocycles. The largest absolute Gasteiger partial charge is 0.534 e. The Morgan fingerprint density at radius 2 is 1.25 bits per heavy atom. The van der Waals surface area contributed by atoms with Gasteiger partial charge in [0.2, 0.25) is 0 Å². The van der Waals surface area contributed by atoms with E-state index in [2.05, 4.69) is 45.2 Å². The number of hydrogen-bond acceptors (Lipinski definition) is 5. The van der Waals surface area contributed by atoms with Gasteiger partial charge < -0.3 is 13.7 Å². The second kappa shape index (κ2) is 10.6. The fraction of sp³-hybridized carbons (Fsp3) is 0.130. The van der Waals surface area contributed by atoms with Crippen molar-refractivity contribution in [1.82, 2.24) is 0 Å². The van der Waals surface area contributed by atoms with Crippen LogP contribution in [0.1, 0.15) is 0 Å². The van der Waals surface area contributed by atoms with Crippen molar-refractivity contribution in [3.05, 3.63) is 56.7 Å². The lowest BCUT2D eigenvalue weighted by molar-refractivity contribution is -0.0499. The van der Waals surface area contributed by atoms with Gasteiger partial charge in [0.05, 0.1) is 14.2 Å². The van der Waals surface area contributed by atoms with Crippen molar-refractivity contribution in [1.29, 1.82) is 0 Å². The first-order valence-electron chi connectivity index (χ1n) is 9.75. The van der Waals surface area contributed by atoms with Crippen molar-refractivity contribution in [2.75, 3.05) is 14.2 Å². The van der Waals surface area contributed by atoms with E-state index in [4.69, 9.17) is 13.7 Å². The third kappa shape index (κ3) is 5.18. The molecule has 0 aromatic heterocycles. The second-order valence-electron chi connectivity index (χ2n) is 7.37. The summed E-state index contributed by atoms with van der Waals surface area (Å²) in [5, 5.41) is 2.31. The molecule has 36 heavy (non-hydrogen) atoms. The Bertz CT molecular complexity index is 1640. The summed E-state index contributed by atoms with van der Waals surface area (Å²) in [6.07, 6.45) is 0. The summed E-state index contributed by atoms with van der Waals surface area (Å²) in [7, 11) is -3.02. The van der Waals surface area contributed by atoms with Crippen molar-refractivity contribution in [3.8, 4) is 28.4 Å². The molecule has 0 spiro atoms. The molecule has 0 saturated heterocycles. The van der Waals surface area contributed by atoms with Gasteiger partial charge in [-0.1, -0.05) is 6.07 Å². The fourth-order valence-corrected chi connectivity index (χ4v) is 6.79. The van der Waals surface area contributed by atoms with Crippen LogP contribution in [0.3, 0.4) is 0 Å². The zero-order chi connectivity index (χ0) is 26.6. The van der Waals surface area contributed by atoms with E-state index in [1.54, 1.807) is 12.1 Å². The van der Waals surface area contributed by atoms with Crippen molar-refractivity contribution in [2.24, 2.45) is 0 Å². The van der Waals surface area contributed by atoms with E-state index < -0.39 is 21.4 Å². The summed E-state index contributed by atoms with van der Waals surface area (Å²) in [6, 6.07) is 12.3. The summed E-state index contributed by atoms with van der Waals surface area (Å²) < 4.78 is 83.3. The van der Waals surface area contributed by atoms with Gasteiger partial charge in [0.1, 0.15) is 11.5 Å². The van der Waals surface area contributed by atoms with Crippen LogP contribution in [-0.2, 0) is 10.1 Å². The van der Waals surface area contributed by atoms with E-state index in [1.165, 1.54) is 20.3 Å². The standard InChI is InChI=1S/C23H13F3I4O5S/c1-33-17-8-15(29)13-5-10(27)3-4-12(13)20(17)22-18(34-2)9-16(30)14-6-11(28)7-19(21(14)22)35-36(31,32)23(24,25)26/h3-9H,1-2H3. The number of hydrogen-bond donors (Lipinski definition) is 0. The minimum absolute atomic E-state index is 0.159. The molecule has 0 aliphatic rings. The number of ether oxygens (including phenoxy) is 2. The lowest BCUT2D eigenvalue weighted by atomic mass is 9.91. The van der Waals surface area contributed by atoms with Crippen LogP contribution in [0, 0.1) is 14.3 Å². The van der Waals surface area contributed by atoms with Crippen molar-refractivity contribution in [2.45, 2.75) is 5.51 Å². The molecule has 4 aromatic rings.